The Labute approximate surface area is 112 Å². The van der Waals surface area contributed by atoms with Crippen LogP contribution in [0.5, 0.6) is 0 Å². The Kier molecular flexibility index (Phi) is 3.46. The van der Waals surface area contributed by atoms with Crippen LogP contribution in [-0.4, -0.2) is 29.3 Å². The quantitative estimate of drug-likeness (QED) is 0.883. The maximum absolute atomic E-state index is 5.24. The van der Waals surface area contributed by atoms with E-state index in [1.54, 1.807) is 0 Å². The van der Waals surface area contributed by atoms with Crippen LogP contribution in [0.15, 0.2) is 29.0 Å². The highest BCUT2D eigenvalue weighted by Gasteiger charge is 2.14. The summed E-state index contributed by atoms with van der Waals surface area (Å²) < 4.78 is 5.24. The standard InChI is InChI=1S/C14H18N4O/c1-10-4-5-11(14-18-16-9-19-14)7-13(10)17-12-3-2-6-15-8-12/h4-5,7,9,12,15,17H,2-3,6,8H2,1H3. The van der Waals surface area contributed by atoms with Crippen molar-refractivity contribution in [3.05, 3.63) is 30.2 Å². The highest BCUT2D eigenvalue weighted by Crippen LogP contribution is 2.25. The minimum atomic E-state index is 0.491. The van der Waals surface area contributed by atoms with Gasteiger partial charge in [-0.1, -0.05) is 6.07 Å². The molecule has 1 aromatic carbocycles. The molecule has 3 rings (SSSR count). The van der Waals surface area contributed by atoms with Gasteiger partial charge in [0.15, 0.2) is 0 Å². The highest BCUT2D eigenvalue weighted by atomic mass is 16.4. The molecular formula is C14H18N4O. The van der Waals surface area contributed by atoms with Gasteiger partial charge in [-0.15, -0.1) is 10.2 Å². The van der Waals surface area contributed by atoms with Crippen LogP contribution >= 0.6 is 0 Å². The molecule has 0 saturated carbocycles. The Balaban J connectivity index is 1.81. The number of piperidine rings is 1. The second-order valence-electron chi connectivity index (χ2n) is 4.96. The van der Waals surface area contributed by atoms with Gasteiger partial charge in [-0.2, -0.15) is 0 Å². The molecule has 100 valence electrons. The Morgan fingerprint density at radius 3 is 3.11 bits per heavy atom. The summed E-state index contributed by atoms with van der Waals surface area (Å²) in [6.45, 7) is 4.25. The molecule has 0 aliphatic carbocycles. The number of aromatic nitrogens is 2. The third-order valence-electron chi connectivity index (χ3n) is 3.50. The average Bonchev–Trinajstić information content (AvgIpc) is 2.96. The molecule has 2 N–H and O–H groups in total. The molecule has 2 aromatic rings. The number of rotatable bonds is 3. The monoisotopic (exact) mass is 258 g/mol. The lowest BCUT2D eigenvalue weighted by Crippen LogP contribution is -2.38. The molecule has 19 heavy (non-hydrogen) atoms. The molecule has 0 amide bonds. The summed E-state index contributed by atoms with van der Waals surface area (Å²) in [5.41, 5.74) is 3.33. The van der Waals surface area contributed by atoms with Crippen LogP contribution in [0.3, 0.4) is 0 Å². The predicted octanol–water partition coefficient (Wildman–Crippen LogP) is 2.21. The topological polar surface area (TPSA) is 63.0 Å². The first-order valence-corrected chi connectivity index (χ1v) is 6.67. The Morgan fingerprint density at radius 1 is 1.42 bits per heavy atom. The maximum atomic E-state index is 5.24. The molecule has 1 aromatic heterocycles. The van der Waals surface area contributed by atoms with Gasteiger partial charge in [0.25, 0.3) is 0 Å². The third-order valence-corrected chi connectivity index (χ3v) is 3.50. The van der Waals surface area contributed by atoms with E-state index in [1.807, 2.05) is 6.07 Å². The van der Waals surface area contributed by atoms with Crippen LogP contribution < -0.4 is 10.6 Å². The van der Waals surface area contributed by atoms with E-state index < -0.39 is 0 Å². The normalized spacial score (nSPS) is 19.3. The largest absolute Gasteiger partial charge is 0.423 e. The summed E-state index contributed by atoms with van der Waals surface area (Å²) in [5, 5.41) is 14.7. The third kappa shape index (κ3) is 2.76. The summed E-state index contributed by atoms with van der Waals surface area (Å²) in [7, 11) is 0. The van der Waals surface area contributed by atoms with Crippen LogP contribution in [-0.2, 0) is 0 Å². The lowest BCUT2D eigenvalue weighted by molar-refractivity contribution is 0.480. The fourth-order valence-electron chi connectivity index (χ4n) is 2.40. The van der Waals surface area contributed by atoms with E-state index >= 15 is 0 Å². The van der Waals surface area contributed by atoms with Gasteiger partial charge in [0.2, 0.25) is 12.3 Å². The molecule has 1 atom stereocenters. The van der Waals surface area contributed by atoms with Gasteiger partial charge in [-0.3, -0.25) is 0 Å². The predicted molar refractivity (Wildman–Crippen MR) is 74.0 cm³/mol. The highest BCUT2D eigenvalue weighted by molar-refractivity contribution is 5.64. The number of hydrogen-bond acceptors (Lipinski definition) is 5. The molecule has 5 heteroatoms. The van der Waals surface area contributed by atoms with E-state index in [4.69, 9.17) is 4.42 Å². The molecule has 1 aliphatic rings. The summed E-state index contributed by atoms with van der Waals surface area (Å²) in [5.74, 6) is 0.560. The second kappa shape index (κ2) is 5.40. The second-order valence-corrected chi connectivity index (χ2v) is 4.96. The molecule has 5 nitrogen and oxygen atoms in total. The lowest BCUT2D eigenvalue weighted by Gasteiger charge is -2.25. The van der Waals surface area contributed by atoms with Crippen molar-refractivity contribution >= 4 is 5.69 Å². The Hall–Kier alpha value is -1.88. The Morgan fingerprint density at radius 2 is 2.37 bits per heavy atom. The number of nitrogens with one attached hydrogen (secondary N) is 2. The molecular weight excluding hydrogens is 240 g/mol. The van der Waals surface area contributed by atoms with Crippen molar-refractivity contribution in [2.75, 3.05) is 18.4 Å². The molecule has 2 heterocycles. The van der Waals surface area contributed by atoms with Crippen molar-refractivity contribution < 1.29 is 4.42 Å². The van der Waals surface area contributed by atoms with Crippen LogP contribution in [0.2, 0.25) is 0 Å². The van der Waals surface area contributed by atoms with E-state index in [0.717, 1.165) is 24.3 Å². The van der Waals surface area contributed by atoms with Gasteiger partial charge in [-0.05, 0) is 44.0 Å². The van der Waals surface area contributed by atoms with Crippen LogP contribution in [0.25, 0.3) is 11.5 Å². The van der Waals surface area contributed by atoms with Gasteiger partial charge < -0.3 is 15.1 Å². The number of hydrogen-bond donors (Lipinski definition) is 2. The SMILES string of the molecule is Cc1ccc(-c2nnco2)cc1NC1CCCNC1. The fraction of sp³-hybridized carbons (Fsp3) is 0.429. The van der Waals surface area contributed by atoms with E-state index in [-0.39, 0.29) is 0 Å². The number of benzene rings is 1. The zero-order valence-corrected chi connectivity index (χ0v) is 11.0. The van der Waals surface area contributed by atoms with Crippen molar-refractivity contribution in [2.24, 2.45) is 0 Å². The first-order valence-electron chi connectivity index (χ1n) is 6.67. The molecule has 0 radical (unpaired) electrons. The molecule has 1 unspecified atom stereocenters. The summed E-state index contributed by atoms with van der Waals surface area (Å²) in [4.78, 5) is 0. The van der Waals surface area contributed by atoms with Gasteiger partial charge in [0, 0.05) is 23.8 Å². The van der Waals surface area contributed by atoms with Crippen molar-refractivity contribution in [3.63, 3.8) is 0 Å². The summed E-state index contributed by atoms with van der Waals surface area (Å²) in [6, 6.07) is 6.66. The molecule has 1 aliphatic heterocycles. The first kappa shape index (κ1) is 12.2. The van der Waals surface area contributed by atoms with Gasteiger partial charge >= 0.3 is 0 Å². The lowest BCUT2D eigenvalue weighted by atomic mass is 10.0. The molecule has 1 fully saturated rings. The summed E-state index contributed by atoms with van der Waals surface area (Å²) >= 11 is 0. The van der Waals surface area contributed by atoms with Crippen molar-refractivity contribution in [2.45, 2.75) is 25.8 Å². The van der Waals surface area contributed by atoms with E-state index in [1.165, 1.54) is 24.8 Å². The average molecular weight is 258 g/mol. The smallest absolute Gasteiger partial charge is 0.247 e. The van der Waals surface area contributed by atoms with Crippen molar-refractivity contribution in [3.8, 4) is 11.5 Å². The number of aryl methyl sites for hydroxylation is 1. The van der Waals surface area contributed by atoms with Crippen LogP contribution in [0.4, 0.5) is 5.69 Å². The minimum absolute atomic E-state index is 0.491. The number of nitrogens with zero attached hydrogens (tertiary/aromatic N) is 2. The first-order chi connectivity index (χ1) is 9.33. The Bertz CT molecular complexity index is 532. The summed E-state index contributed by atoms with van der Waals surface area (Å²) in [6.07, 6.45) is 3.78. The molecule has 1 saturated heterocycles. The van der Waals surface area contributed by atoms with Gasteiger partial charge in [-0.25, -0.2) is 0 Å². The van der Waals surface area contributed by atoms with E-state index in [0.29, 0.717) is 11.9 Å². The zero-order chi connectivity index (χ0) is 13.1. The van der Waals surface area contributed by atoms with E-state index in [9.17, 15) is 0 Å². The van der Waals surface area contributed by atoms with Gasteiger partial charge in [0.1, 0.15) is 0 Å². The van der Waals surface area contributed by atoms with Crippen molar-refractivity contribution in [1.29, 1.82) is 0 Å². The van der Waals surface area contributed by atoms with E-state index in [2.05, 4.69) is 39.9 Å². The van der Waals surface area contributed by atoms with Crippen molar-refractivity contribution in [1.82, 2.24) is 15.5 Å². The van der Waals surface area contributed by atoms with Gasteiger partial charge in [0.05, 0.1) is 0 Å². The fourth-order valence-corrected chi connectivity index (χ4v) is 2.40. The van der Waals surface area contributed by atoms with Crippen LogP contribution in [0.1, 0.15) is 18.4 Å². The number of anilines is 1. The minimum Gasteiger partial charge on any atom is -0.423 e. The van der Waals surface area contributed by atoms with Crippen LogP contribution in [0, 0.1) is 6.92 Å². The molecule has 0 spiro atoms. The maximum Gasteiger partial charge on any atom is 0.247 e. The zero-order valence-electron chi connectivity index (χ0n) is 11.0. The molecule has 0 bridgehead atoms.